The van der Waals surface area contributed by atoms with Gasteiger partial charge in [-0.25, -0.2) is 9.18 Å². The van der Waals surface area contributed by atoms with E-state index in [-0.39, 0.29) is 12.4 Å². The monoisotopic (exact) mass is 454 g/mol. The number of carbonyl (C=O) groups is 1. The van der Waals surface area contributed by atoms with Gasteiger partial charge in [0.1, 0.15) is 5.82 Å². The summed E-state index contributed by atoms with van der Waals surface area (Å²) in [5.41, 5.74) is 1.69. The molecule has 31 heavy (non-hydrogen) atoms. The number of hydrogen-bond donors (Lipinski definition) is 1. The number of alkyl halides is 3. The molecule has 0 radical (unpaired) electrons. The fourth-order valence-electron chi connectivity index (χ4n) is 2.61. The summed E-state index contributed by atoms with van der Waals surface area (Å²) >= 11 is 1.27. The van der Waals surface area contributed by atoms with Gasteiger partial charge in [0.25, 0.3) is 0 Å². The van der Waals surface area contributed by atoms with E-state index in [0.29, 0.717) is 28.8 Å². The topological polar surface area (TPSA) is 69.0 Å². The van der Waals surface area contributed by atoms with Crippen LogP contribution in [-0.4, -0.2) is 45.9 Å². The average Bonchev–Trinajstić information content (AvgIpc) is 3.13. The first-order valence-corrected chi connectivity index (χ1v) is 10.1. The number of amides is 1. The van der Waals surface area contributed by atoms with Gasteiger partial charge < -0.3 is 10.1 Å². The summed E-state index contributed by atoms with van der Waals surface area (Å²) in [6, 6.07) is 15.5. The van der Waals surface area contributed by atoms with Crippen LogP contribution in [0.5, 0.6) is 0 Å². The van der Waals surface area contributed by atoms with Crippen LogP contribution in [-0.2, 0) is 11.3 Å². The fourth-order valence-corrected chi connectivity index (χ4v) is 3.40. The Hall–Kier alpha value is -3.08. The van der Waals surface area contributed by atoms with Gasteiger partial charge in [-0.3, -0.25) is 4.57 Å². The van der Waals surface area contributed by atoms with Crippen molar-refractivity contribution in [1.29, 1.82) is 0 Å². The summed E-state index contributed by atoms with van der Waals surface area (Å²) < 4.78 is 55.4. The highest BCUT2D eigenvalue weighted by Crippen LogP contribution is 2.25. The van der Waals surface area contributed by atoms with Crippen LogP contribution in [0.3, 0.4) is 0 Å². The minimum atomic E-state index is -4.57. The van der Waals surface area contributed by atoms with Crippen molar-refractivity contribution in [3.05, 3.63) is 66.0 Å². The molecule has 6 nitrogen and oxygen atoms in total. The van der Waals surface area contributed by atoms with Gasteiger partial charge in [-0.2, -0.15) is 13.2 Å². The molecule has 0 spiro atoms. The molecule has 1 heterocycles. The zero-order valence-corrected chi connectivity index (χ0v) is 16.9. The lowest BCUT2D eigenvalue weighted by atomic mass is 10.2. The highest BCUT2D eigenvalue weighted by atomic mass is 32.2. The Bertz CT molecular complexity index is 995. The second-order valence-electron chi connectivity index (χ2n) is 6.35. The number of nitrogens with zero attached hydrogens (tertiary/aromatic N) is 3. The summed E-state index contributed by atoms with van der Waals surface area (Å²) in [4.78, 5) is 11.3. The smallest absolute Gasteiger partial charge is 0.422 e. The van der Waals surface area contributed by atoms with Crippen molar-refractivity contribution in [2.24, 2.45) is 0 Å². The van der Waals surface area contributed by atoms with Crippen molar-refractivity contribution in [2.45, 2.75) is 17.9 Å². The maximum absolute atomic E-state index is 13.3. The number of halogens is 4. The normalized spacial score (nSPS) is 11.4. The first-order valence-electron chi connectivity index (χ1n) is 9.15. The van der Waals surface area contributed by atoms with Gasteiger partial charge in [0.15, 0.2) is 17.6 Å². The van der Waals surface area contributed by atoms with Crippen molar-refractivity contribution in [2.75, 3.05) is 18.9 Å². The minimum Gasteiger partial charge on any atom is -0.440 e. The first kappa shape index (κ1) is 22.6. The molecule has 1 N–H and O–H groups in total. The zero-order chi connectivity index (χ0) is 22.3. The molecule has 0 saturated carbocycles. The van der Waals surface area contributed by atoms with E-state index in [2.05, 4.69) is 20.3 Å². The van der Waals surface area contributed by atoms with Crippen LogP contribution in [0.2, 0.25) is 0 Å². The van der Waals surface area contributed by atoms with Gasteiger partial charge in [-0.05, 0) is 29.8 Å². The molecule has 11 heteroatoms. The lowest BCUT2D eigenvalue weighted by molar-refractivity contribution is -0.160. The third kappa shape index (κ3) is 6.99. The number of hydrogen-bond acceptors (Lipinski definition) is 5. The molecule has 3 rings (SSSR count). The highest BCUT2D eigenvalue weighted by molar-refractivity contribution is 7.99. The van der Waals surface area contributed by atoms with Crippen LogP contribution in [0.1, 0.15) is 5.56 Å². The van der Waals surface area contributed by atoms with Crippen molar-refractivity contribution >= 4 is 17.9 Å². The molecule has 0 aliphatic heterocycles. The van der Waals surface area contributed by atoms with Gasteiger partial charge in [0.05, 0.1) is 6.54 Å². The van der Waals surface area contributed by atoms with E-state index in [1.807, 2.05) is 34.9 Å². The van der Waals surface area contributed by atoms with E-state index in [4.69, 9.17) is 0 Å². The molecule has 0 saturated heterocycles. The minimum absolute atomic E-state index is 0.0748. The van der Waals surface area contributed by atoms with E-state index in [9.17, 15) is 22.4 Å². The Morgan fingerprint density at radius 3 is 2.45 bits per heavy atom. The van der Waals surface area contributed by atoms with Crippen LogP contribution in [0.15, 0.2) is 59.8 Å². The predicted molar refractivity (Wildman–Crippen MR) is 107 cm³/mol. The second kappa shape index (κ2) is 10.3. The number of ether oxygens (including phenoxy) is 1. The molecule has 0 unspecified atom stereocenters. The van der Waals surface area contributed by atoms with E-state index in [0.717, 1.165) is 5.56 Å². The maximum atomic E-state index is 13.3. The van der Waals surface area contributed by atoms with Gasteiger partial charge in [0.2, 0.25) is 0 Å². The summed E-state index contributed by atoms with van der Waals surface area (Å²) in [5, 5.41) is 11.2. The Balaban J connectivity index is 1.67. The average molecular weight is 454 g/mol. The number of alkyl carbamates (subject to hydrolysis) is 1. The van der Waals surface area contributed by atoms with Crippen molar-refractivity contribution in [1.82, 2.24) is 20.1 Å². The van der Waals surface area contributed by atoms with Crippen LogP contribution >= 0.6 is 11.8 Å². The van der Waals surface area contributed by atoms with Crippen LogP contribution in [0, 0.1) is 5.82 Å². The molecule has 164 valence electrons. The fraction of sp³-hybridized carbons (Fsp3) is 0.250. The highest BCUT2D eigenvalue weighted by Gasteiger charge is 2.29. The molecule has 0 fully saturated rings. The first-order chi connectivity index (χ1) is 14.8. The molecular weight excluding hydrogens is 436 g/mol. The third-order valence-corrected chi connectivity index (χ3v) is 4.94. The Labute approximate surface area is 179 Å². The number of aromatic nitrogens is 3. The quantitative estimate of drug-likeness (QED) is 0.308. The summed E-state index contributed by atoms with van der Waals surface area (Å²) in [6.45, 7) is -1.10. The van der Waals surface area contributed by atoms with Crippen molar-refractivity contribution in [3.63, 3.8) is 0 Å². The number of thioether (sulfide) groups is 1. The molecule has 3 aromatic rings. The third-order valence-electron chi connectivity index (χ3n) is 3.97. The Morgan fingerprint density at radius 2 is 1.77 bits per heavy atom. The molecule has 1 aromatic heterocycles. The van der Waals surface area contributed by atoms with E-state index in [1.54, 1.807) is 12.1 Å². The van der Waals surface area contributed by atoms with Gasteiger partial charge in [-0.1, -0.05) is 42.1 Å². The zero-order valence-electron chi connectivity index (χ0n) is 16.1. The summed E-state index contributed by atoms with van der Waals surface area (Å²) in [6.07, 6.45) is -5.72. The lowest BCUT2D eigenvalue weighted by Crippen LogP contribution is -2.30. The van der Waals surface area contributed by atoms with Crippen molar-refractivity contribution < 1.29 is 27.1 Å². The van der Waals surface area contributed by atoms with Gasteiger partial charge in [-0.15, -0.1) is 10.2 Å². The molecule has 0 aliphatic carbocycles. The number of carbonyl (C=O) groups excluding carboxylic acids is 1. The molecular formula is C20H18F4N4O2S. The molecule has 0 bridgehead atoms. The predicted octanol–water partition coefficient (Wildman–Crippen LogP) is 4.51. The van der Waals surface area contributed by atoms with Crippen molar-refractivity contribution in [3.8, 4) is 11.4 Å². The number of benzene rings is 2. The standard InChI is InChI=1S/C20H18F4N4O2S/c21-16-8-6-15(7-9-16)17-26-27-18(28(17)12-14-4-2-1-3-5-14)31-11-10-25-19(29)30-13-20(22,23)24/h1-9H,10-13H2,(H,25,29). The van der Waals surface area contributed by atoms with Gasteiger partial charge >= 0.3 is 12.3 Å². The maximum Gasteiger partial charge on any atom is 0.422 e. The molecule has 0 aliphatic rings. The van der Waals surface area contributed by atoms with E-state index in [1.165, 1.54) is 23.9 Å². The number of rotatable bonds is 8. The largest absolute Gasteiger partial charge is 0.440 e. The van der Waals surface area contributed by atoms with Crippen LogP contribution < -0.4 is 5.32 Å². The Kier molecular flexibility index (Phi) is 7.50. The molecule has 2 aromatic carbocycles. The number of nitrogens with one attached hydrogen (secondary N) is 1. The second-order valence-corrected chi connectivity index (χ2v) is 7.41. The molecule has 0 atom stereocenters. The van der Waals surface area contributed by atoms with E-state index < -0.39 is 18.9 Å². The SMILES string of the molecule is O=C(NCCSc1nnc(-c2ccc(F)cc2)n1Cc1ccccc1)OCC(F)(F)F. The van der Waals surface area contributed by atoms with E-state index >= 15 is 0 Å². The lowest BCUT2D eigenvalue weighted by Gasteiger charge is -2.11. The van der Waals surface area contributed by atoms with Gasteiger partial charge in [0, 0.05) is 17.9 Å². The summed E-state index contributed by atoms with van der Waals surface area (Å²) in [5.74, 6) is 0.511. The Morgan fingerprint density at radius 1 is 1.06 bits per heavy atom. The van der Waals surface area contributed by atoms with Crippen LogP contribution in [0.25, 0.3) is 11.4 Å². The molecule has 1 amide bonds. The summed E-state index contributed by atoms with van der Waals surface area (Å²) in [7, 11) is 0. The van der Waals surface area contributed by atoms with Crippen LogP contribution in [0.4, 0.5) is 22.4 Å².